The summed E-state index contributed by atoms with van der Waals surface area (Å²) < 4.78 is 5.13. The SMILES string of the molecule is C=C(CC1CC(=O)C(c2c(C)cc(C)cc2C)C1=O)NC1COC1. The minimum Gasteiger partial charge on any atom is -0.381 e. The first kappa shape index (κ1) is 16.9. The molecule has 4 nitrogen and oxygen atoms in total. The van der Waals surface area contributed by atoms with Gasteiger partial charge in [-0.05, 0) is 43.9 Å². The lowest BCUT2D eigenvalue weighted by Crippen LogP contribution is -2.45. The third kappa shape index (κ3) is 3.16. The zero-order valence-corrected chi connectivity index (χ0v) is 14.6. The number of Topliss-reactive ketones (excluding diaryl/α,β-unsaturated/α-hetero) is 2. The molecule has 3 rings (SSSR count). The van der Waals surface area contributed by atoms with Crippen LogP contribution in [0, 0.1) is 26.7 Å². The lowest BCUT2D eigenvalue weighted by Gasteiger charge is -2.29. The lowest BCUT2D eigenvalue weighted by atomic mass is 9.86. The molecule has 0 bridgehead atoms. The second-order valence-corrected chi connectivity index (χ2v) is 7.20. The van der Waals surface area contributed by atoms with Gasteiger partial charge in [0, 0.05) is 18.0 Å². The van der Waals surface area contributed by atoms with E-state index in [0.717, 1.165) is 28.0 Å². The monoisotopic (exact) mass is 327 g/mol. The maximum atomic E-state index is 12.9. The number of ketones is 2. The van der Waals surface area contributed by atoms with E-state index in [9.17, 15) is 9.59 Å². The highest BCUT2D eigenvalue weighted by molar-refractivity contribution is 6.15. The van der Waals surface area contributed by atoms with Gasteiger partial charge in [0.2, 0.25) is 0 Å². The van der Waals surface area contributed by atoms with Crippen molar-refractivity contribution in [3.05, 3.63) is 46.7 Å². The summed E-state index contributed by atoms with van der Waals surface area (Å²) in [7, 11) is 0. The number of nitrogens with one attached hydrogen (secondary N) is 1. The van der Waals surface area contributed by atoms with E-state index in [1.54, 1.807) is 0 Å². The zero-order valence-electron chi connectivity index (χ0n) is 14.6. The van der Waals surface area contributed by atoms with Crippen molar-refractivity contribution in [3.8, 4) is 0 Å². The van der Waals surface area contributed by atoms with Gasteiger partial charge in [-0.2, -0.15) is 0 Å². The number of allylic oxidation sites excluding steroid dienone is 1. The highest BCUT2D eigenvalue weighted by Crippen LogP contribution is 2.38. The van der Waals surface area contributed by atoms with Gasteiger partial charge < -0.3 is 10.1 Å². The Labute approximate surface area is 143 Å². The summed E-state index contributed by atoms with van der Waals surface area (Å²) in [6.07, 6.45) is 0.847. The van der Waals surface area contributed by atoms with E-state index in [-0.39, 0.29) is 17.5 Å². The first-order valence-electron chi connectivity index (χ1n) is 8.53. The summed E-state index contributed by atoms with van der Waals surface area (Å²) in [6, 6.07) is 4.39. The summed E-state index contributed by atoms with van der Waals surface area (Å²) in [5.41, 5.74) is 4.95. The van der Waals surface area contributed by atoms with Crippen LogP contribution in [0.25, 0.3) is 0 Å². The molecule has 1 aromatic rings. The third-order valence-corrected chi connectivity index (χ3v) is 5.02. The van der Waals surface area contributed by atoms with Crippen molar-refractivity contribution >= 4 is 11.6 Å². The Balaban J connectivity index is 1.75. The number of carbonyl (C=O) groups excluding carboxylic acids is 2. The minimum atomic E-state index is -0.601. The highest BCUT2D eigenvalue weighted by Gasteiger charge is 2.43. The van der Waals surface area contributed by atoms with Crippen LogP contribution in [0.5, 0.6) is 0 Å². The summed E-state index contributed by atoms with van der Waals surface area (Å²) in [6.45, 7) is 11.4. The molecule has 2 unspecified atom stereocenters. The van der Waals surface area contributed by atoms with Crippen LogP contribution in [0.15, 0.2) is 24.4 Å². The van der Waals surface area contributed by atoms with Gasteiger partial charge >= 0.3 is 0 Å². The van der Waals surface area contributed by atoms with Crippen molar-refractivity contribution in [1.82, 2.24) is 5.32 Å². The second kappa shape index (κ2) is 6.52. The number of hydrogen-bond donors (Lipinski definition) is 1. The molecule has 0 spiro atoms. The van der Waals surface area contributed by atoms with E-state index in [1.807, 2.05) is 32.9 Å². The summed E-state index contributed by atoms with van der Waals surface area (Å²) >= 11 is 0. The fraction of sp³-hybridized carbons (Fsp3) is 0.500. The predicted molar refractivity (Wildman–Crippen MR) is 93.0 cm³/mol. The van der Waals surface area contributed by atoms with E-state index < -0.39 is 5.92 Å². The molecule has 2 fully saturated rings. The quantitative estimate of drug-likeness (QED) is 0.845. The zero-order chi connectivity index (χ0) is 17.4. The van der Waals surface area contributed by atoms with Crippen molar-refractivity contribution in [2.75, 3.05) is 13.2 Å². The van der Waals surface area contributed by atoms with E-state index >= 15 is 0 Å². The molecule has 1 aromatic carbocycles. The van der Waals surface area contributed by atoms with E-state index in [1.165, 1.54) is 0 Å². The van der Waals surface area contributed by atoms with Crippen LogP contribution >= 0.6 is 0 Å². The Hall–Kier alpha value is -1.94. The van der Waals surface area contributed by atoms with Crippen molar-refractivity contribution < 1.29 is 14.3 Å². The lowest BCUT2D eigenvalue weighted by molar-refractivity contribution is -0.124. The molecule has 1 saturated heterocycles. The van der Waals surface area contributed by atoms with Crippen molar-refractivity contribution in [2.24, 2.45) is 5.92 Å². The van der Waals surface area contributed by atoms with Crippen LogP contribution in [0.3, 0.4) is 0 Å². The fourth-order valence-electron chi connectivity index (χ4n) is 3.94. The molecule has 128 valence electrons. The first-order chi connectivity index (χ1) is 11.4. The van der Waals surface area contributed by atoms with Gasteiger partial charge in [-0.1, -0.05) is 24.3 Å². The van der Waals surface area contributed by atoms with E-state index in [4.69, 9.17) is 4.74 Å². The van der Waals surface area contributed by atoms with Crippen LogP contribution in [-0.4, -0.2) is 30.8 Å². The molecule has 1 aliphatic heterocycles. The Kier molecular flexibility index (Phi) is 4.59. The third-order valence-electron chi connectivity index (χ3n) is 5.02. The van der Waals surface area contributed by atoms with Crippen LogP contribution in [0.1, 0.15) is 41.0 Å². The molecule has 2 atom stereocenters. The van der Waals surface area contributed by atoms with Crippen LogP contribution in [-0.2, 0) is 14.3 Å². The molecule has 1 heterocycles. The first-order valence-corrected chi connectivity index (χ1v) is 8.53. The van der Waals surface area contributed by atoms with Crippen molar-refractivity contribution in [2.45, 2.75) is 45.6 Å². The normalized spacial score (nSPS) is 24.1. The molecule has 0 amide bonds. The van der Waals surface area contributed by atoms with Crippen LogP contribution in [0.4, 0.5) is 0 Å². The topological polar surface area (TPSA) is 55.4 Å². The standard InChI is InChI=1S/C20H25NO3/c1-11-5-12(2)18(13(3)6-11)19-17(22)8-15(20(19)23)7-14(4)21-16-9-24-10-16/h5-6,15-16,19,21H,4,7-10H2,1-3H3. The molecular formula is C20H25NO3. The molecule has 1 N–H and O–H groups in total. The average molecular weight is 327 g/mol. The number of carbonyl (C=O) groups is 2. The summed E-state index contributed by atoms with van der Waals surface area (Å²) in [5.74, 6) is -0.776. The number of hydrogen-bond acceptors (Lipinski definition) is 4. The average Bonchev–Trinajstić information content (AvgIpc) is 2.70. The van der Waals surface area contributed by atoms with E-state index in [0.29, 0.717) is 32.1 Å². The second-order valence-electron chi connectivity index (χ2n) is 7.20. The Morgan fingerprint density at radius 2 is 1.83 bits per heavy atom. The maximum Gasteiger partial charge on any atom is 0.151 e. The number of benzene rings is 1. The molecule has 1 saturated carbocycles. The maximum absolute atomic E-state index is 12.9. The molecular weight excluding hydrogens is 302 g/mol. The van der Waals surface area contributed by atoms with Gasteiger partial charge in [-0.3, -0.25) is 9.59 Å². The van der Waals surface area contributed by atoms with Crippen molar-refractivity contribution in [1.29, 1.82) is 0 Å². The van der Waals surface area contributed by atoms with Crippen molar-refractivity contribution in [3.63, 3.8) is 0 Å². The predicted octanol–water partition coefficient (Wildman–Crippen LogP) is 2.75. The Morgan fingerprint density at radius 1 is 1.21 bits per heavy atom. The minimum absolute atomic E-state index is 0.0415. The number of rotatable bonds is 5. The van der Waals surface area contributed by atoms with Gasteiger partial charge in [0.1, 0.15) is 11.7 Å². The molecule has 4 heteroatoms. The molecule has 1 aliphatic carbocycles. The highest BCUT2D eigenvalue weighted by atomic mass is 16.5. The summed E-state index contributed by atoms with van der Waals surface area (Å²) in [5, 5.41) is 3.28. The van der Waals surface area contributed by atoms with Gasteiger partial charge in [0.25, 0.3) is 0 Å². The number of aryl methyl sites for hydroxylation is 3. The molecule has 24 heavy (non-hydrogen) atoms. The molecule has 2 aliphatic rings. The largest absolute Gasteiger partial charge is 0.381 e. The molecule has 0 radical (unpaired) electrons. The van der Waals surface area contributed by atoms with Crippen LogP contribution < -0.4 is 5.32 Å². The van der Waals surface area contributed by atoms with E-state index in [2.05, 4.69) is 11.9 Å². The van der Waals surface area contributed by atoms with Gasteiger partial charge in [-0.25, -0.2) is 0 Å². The smallest absolute Gasteiger partial charge is 0.151 e. The van der Waals surface area contributed by atoms with Gasteiger partial charge in [-0.15, -0.1) is 0 Å². The fourth-order valence-corrected chi connectivity index (χ4v) is 3.94. The van der Waals surface area contributed by atoms with Gasteiger partial charge in [0.15, 0.2) is 5.78 Å². The van der Waals surface area contributed by atoms with Crippen LogP contribution in [0.2, 0.25) is 0 Å². The number of ether oxygens (including phenoxy) is 1. The summed E-state index contributed by atoms with van der Waals surface area (Å²) in [4.78, 5) is 25.5. The Morgan fingerprint density at radius 3 is 2.38 bits per heavy atom. The molecule has 0 aromatic heterocycles. The van der Waals surface area contributed by atoms with Gasteiger partial charge in [0.05, 0.1) is 19.3 Å². The Bertz CT molecular complexity index is 680.